The Kier molecular flexibility index (Phi) is 3.14. The van der Waals surface area contributed by atoms with Gasteiger partial charge in [-0.1, -0.05) is 48.5 Å². The van der Waals surface area contributed by atoms with E-state index in [-0.39, 0.29) is 0 Å². The molecule has 0 aromatic heterocycles. The van der Waals surface area contributed by atoms with Crippen LogP contribution in [0.2, 0.25) is 0 Å². The zero-order valence-corrected chi connectivity index (χ0v) is 10.4. The topological polar surface area (TPSA) is 3.24 Å². The molecule has 1 heterocycles. The van der Waals surface area contributed by atoms with E-state index in [1.807, 2.05) is 0 Å². The van der Waals surface area contributed by atoms with E-state index in [2.05, 4.69) is 71.8 Å². The Hall–Kier alpha value is -2.02. The number of anilines is 1. The summed E-state index contributed by atoms with van der Waals surface area (Å²) in [6, 6.07) is 21.3. The van der Waals surface area contributed by atoms with Gasteiger partial charge in [-0.3, -0.25) is 0 Å². The number of para-hydroxylation sites is 1. The van der Waals surface area contributed by atoms with Gasteiger partial charge in [0.05, 0.1) is 0 Å². The maximum Gasteiger partial charge on any atom is 0.0406 e. The largest absolute Gasteiger partial charge is 0.348 e. The lowest BCUT2D eigenvalue weighted by molar-refractivity contribution is 0.799. The molecule has 0 amide bonds. The number of benzene rings is 2. The molecular weight excluding hydrogens is 218 g/mol. The smallest absolute Gasteiger partial charge is 0.0406 e. The van der Waals surface area contributed by atoms with Gasteiger partial charge in [-0.15, -0.1) is 0 Å². The van der Waals surface area contributed by atoms with Gasteiger partial charge in [0.1, 0.15) is 0 Å². The minimum atomic E-state index is 1.11. The first-order valence-corrected chi connectivity index (χ1v) is 6.51. The molecule has 90 valence electrons. The highest BCUT2D eigenvalue weighted by atomic mass is 15.1. The normalized spacial score (nSPS) is 15.3. The van der Waals surface area contributed by atoms with E-state index in [0.717, 1.165) is 6.54 Å². The molecule has 1 heteroatoms. The van der Waals surface area contributed by atoms with Crippen molar-refractivity contribution in [2.24, 2.45) is 0 Å². The van der Waals surface area contributed by atoms with E-state index in [1.165, 1.54) is 29.7 Å². The fraction of sp³-hybridized carbons (Fsp3) is 0.176. The van der Waals surface area contributed by atoms with Crippen LogP contribution in [0.1, 0.15) is 18.4 Å². The summed E-state index contributed by atoms with van der Waals surface area (Å²) >= 11 is 0. The Bertz CT molecular complexity index is 528. The average Bonchev–Trinajstić information content (AvgIpc) is 2.49. The highest BCUT2D eigenvalue weighted by Crippen LogP contribution is 2.27. The molecule has 18 heavy (non-hydrogen) atoms. The summed E-state index contributed by atoms with van der Waals surface area (Å²) in [5.41, 5.74) is 4.06. The van der Waals surface area contributed by atoms with Gasteiger partial charge in [-0.05, 0) is 36.1 Å². The fourth-order valence-corrected chi connectivity index (χ4v) is 2.45. The Balaban J connectivity index is 1.91. The second-order valence-corrected chi connectivity index (χ2v) is 4.65. The molecule has 1 aliphatic heterocycles. The number of hydrogen-bond donors (Lipinski definition) is 0. The van der Waals surface area contributed by atoms with Crippen molar-refractivity contribution in [2.45, 2.75) is 12.8 Å². The summed E-state index contributed by atoms with van der Waals surface area (Å²) in [7, 11) is 0. The molecule has 0 saturated carbocycles. The summed E-state index contributed by atoms with van der Waals surface area (Å²) in [6.07, 6.45) is 4.69. The summed E-state index contributed by atoms with van der Waals surface area (Å²) in [5, 5.41) is 0. The van der Waals surface area contributed by atoms with Crippen LogP contribution < -0.4 is 4.90 Å². The van der Waals surface area contributed by atoms with Crippen molar-refractivity contribution in [3.05, 3.63) is 72.4 Å². The summed E-state index contributed by atoms with van der Waals surface area (Å²) in [6.45, 7) is 1.11. The zero-order chi connectivity index (χ0) is 12.2. The summed E-state index contributed by atoms with van der Waals surface area (Å²) in [4.78, 5) is 2.35. The molecular formula is C17H17N. The molecule has 0 saturated heterocycles. The van der Waals surface area contributed by atoms with Crippen molar-refractivity contribution in [1.29, 1.82) is 0 Å². The minimum absolute atomic E-state index is 1.11. The van der Waals surface area contributed by atoms with Crippen LogP contribution in [0.5, 0.6) is 0 Å². The maximum atomic E-state index is 2.35. The van der Waals surface area contributed by atoms with E-state index < -0.39 is 0 Å². The predicted molar refractivity (Wildman–Crippen MR) is 77.4 cm³/mol. The van der Waals surface area contributed by atoms with E-state index in [1.54, 1.807) is 0 Å². The Morgan fingerprint density at radius 3 is 2.17 bits per heavy atom. The first kappa shape index (κ1) is 11.1. The first-order valence-electron chi connectivity index (χ1n) is 6.51. The SMILES string of the molecule is C1=C(c2ccccc2)CCCN1c1ccccc1. The van der Waals surface area contributed by atoms with E-state index in [4.69, 9.17) is 0 Å². The molecule has 0 radical (unpaired) electrons. The third-order valence-electron chi connectivity index (χ3n) is 3.39. The van der Waals surface area contributed by atoms with Crippen LogP contribution in [0.4, 0.5) is 5.69 Å². The molecule has 2 aromatic rings. The van der Waals surface area contributed by atoms with Crippen LogP contribution in [0.15, 0.2) is 66.9 Å². The van der Waals surface area contributed by atoms with Crippen LogP contribution in [0.3, 0.4) is 0 Å². The van der Waals surface area contributed by atoms with Gasteiger partial charge >= 0.3 is 0 Å². The van der Waals surface area contributed by atoms with E-state index in [9.17, 15) is 0 Å². The van der Waals surface area contributed by atoms with Crippen LogP contribution in [-0.4, -0.2) is 6.54 Å². The van der Waals surface area contributed by atoms with Crippen molar-refractivity contribution in [2.75, 3.05) is 11.4 Å². The highest BCUT2D eigenvalue weighted by Gasteiger charge is 2.12. The first-order chi connectivity index (χ1) is 8.93. The molecule has 3 rings (SSSR count). The minimum Gasteiger partial charge on any atom is -0.348 e. The van der Waals surface area contributed by atoms with Crippen molar-refractivity contribution >= 4 is 11.3 Å². The molecule has 0 unspecified atom stereocenters. The molecule has 2 aromatic carbocycles. The van der Waals surface area contributed by atoms with Gasteiger partial charge in [-0.2, -0.15) is 0 Å². The molecule has 0 fully saturated rings. The van der Waals surface area contributed by atoms with Gasteiger partial charge in [-0.25, -0.2) is 0 Å². The maximum absolute atomic E-state index is 2.35. The van der Waals surface area contributed by atoms with Gasteiger partial charge in [0.25, 0.3) is 0 Å². The molecule has 0 bridgehead atoms. The lowest BCUT2D eigenvalue weighted by Gasteiger charge is -2.27. The van der Waals surface area contributed by atoms with Gasteiger partial charge in [0, 0.05) is 18.4 Å². The van der Waals surface area contributed by atoms with Crippen molar-refractivity contribution in [3.8, 4) is 0 Å². The molecule has 0 N–H and O–H groups in total. The van der Waals surface area contributed by atoms with Crippen LogP contribution >= 0.6 is 0 Å². The van der Waals surface area contributed by atoms with Crippen LogP contribution in [0, 0.1) is 0 Å². The molecule has 0 atom stereocenters. The van der Waals surface area contributed by atoms with Crippen molar-refractivity contribution in [1.82, 2.24) is 0 Å². The second-order valence-electron chi connectivity index (χ2n) is 4.65. The van der Waals surface area contributed by atoms with Crippen LogP contribution in [-0.2, 0) is 0 Å². The molecule has 0 spiro atoms. The third kappa shape index (κ3) is 2.30. The highest BCUT2D eigenvalue weighted by molar-refractivity contribution is 5.70. The Morgan fingerprint density at radius 2 is 1.44 bits per heavy atom. The van der Waals surface area contributed by atoms with Crippen molar-refractivity contribution < 1.29 is 0 Å². The quantitative estimate of drug-likeness (QED) is 0.749. The van der Waals surface area contributed by atoms with Crippen molar-refractivity contribution in [3.63, 3.8) is 0 Å². The molecule has 0 aliphatic carbocycles. The zero-order valence-electron chi connectivity index (χ0n) is 10.4. The standard InChI is InChI=1S/C17H17N/c1-3-8-15(9-4-1)16-10-7-13-18(14-16)17-11-5-2-6-12-17/h1-6,8-9,11-12,14H,7,10,13H2. The van der Waals surface area contributed by atoms with E-state index in [0.29, 0.717) is 0 Å². The number of allylic oxidation sites excluding steroid dienone is 1. The fourth-order valence-electron chi connectivity index (χ4n) is 2.45. The van der Waals surface area contributed by atoms with Gasteiger partial charge in [0.15, 0.2) is 0 Å². The number of nitrogens with zero attached hydrogens (tertiary/aromatic N) is 1. The number of rotatable bonds is 2. The van der Waals surface area contributed by atoms with E-state index >= 15 is 0 Å². The second kappa shape index (κ2) is 5.09. The van der Waals surface area contributed by atoms with Crippen LogP contribution in [0.25, 0.3) is 5.57 Å². The monoisotopic (exact) mass is 235 g/mol. The lowest BCUT2D eigenvalue weighted by Crippen LogP contribution is -2.21. The van der Waals surface area contributed by atoms with Gasteiger partial charge < -0.3 is 4.90 Å². The molecule has 1 aliphatic rings. The predicted octanol–water partition coefficient (Wildman–Crippen LogP) is 4.33. The number of hydrogen-bond acceptors (Lipinski definition) is 1. The molecule has 1 nitrogen and oxygen atoms in total. The average molecular weight is 235 g/mol. The van der Waals surface area contributed by atoms with Gasteiger partial charge in [0.2, 0.25) is 0 Å². The summed E-state index contributed by atoms with van der Waals surface area (Å²) < 4.78 is 0. The Morgan fingerprint density at radius 1 is 0.778 bits per heavy atom. The lowest BCUT2D eigenvalue weighted by atomic mass is 9.99. The summed E-state index contributed by atoms with van der Waals surface area (Å²) in [5.74, 6) is 0. The third-order valence-corrected chi connectivity index (χ3v) is 3.39. The Labute approximate surface area is 108 Å².